The van der Waals surface area contributed by atoms with E-state index in [2.05, 4.69) is 16.0 Å². The van der Waals surface area contributed by atoms with E-state index in [0.29, 0.717) is 17.4 Å². The summed E-state index contributed by atoms with van der Waals surface area (Å²) < 4.78 is 19.4. The number of halogens is 1. The number of ketones is 1. The van der Waals surface area contributed by atoms with Crippen molar-refractivity contribution in [3.8, 4) is 17.6 Å². The molecule has 28 heavy (non-hydrogen) atoms. The van der Waals surface area contributed by atoms with Crippen molar-refractivity contribution in [1.29, 1.82) is 5.26 Å². The first kappa shape index (κ1) is 18.4. The Morgan fingerprint density at radius 1 is 1.21 bits per heavy atom. The highest BCUT2D eigenvalue weighted by Crippen LogP contribution is 2.39. The molecule has 2 aromatic rings. The van der Waals surface area contributed by atoms with Crippen molar-refractivity contribution >= 4 is 5.78 Å². The van der Waals surface area contributed by atoms with E-state index in [9.17, 15) is 14.3 Å². The van der Waals surface area contributed by atoms with Gasteiger partial charge in [0, 0.05) is 13.1 Å². The number of fused-ring (bicyclic) bond motifs is 1. The van der Waals surface area contributed by atoms with Crippen LogP contribution in [0.2, 0.25) is 0 Å². The Bertz CT molecular complexity index is 911. The molecular formula is C21H20FN3O3. The molecule has 1 aliphatic heterocycles. The molecule has 0 bridgehead atoms. The summed E-state index contributed by atoms with van der Waals surface area (Å²) in [7, 11) is 0. The SMILES string of the molecule is N#Cc1ccc(O[C@@H]2CC3CN(CC(=O)c4ccc(O)c(F)n4)C[C@H]3C2)cc1. The first-order valence-electron chi connectivity index (χ1n) is 9.29. The Balaban J connectivity index is 1.29. The summed E-state index contributed by atoms with van der Waals surface area (Å²) in [6.45, 7) is 1.82. The molecule has 6 nitrogen and oxygen atoms in total. The van der Waals surface area contributed by atoms with Crippen molar-refractivity contribution in [2.24, 2.45) is 11.8 Å². The zero-order valence-corrected chi connectivity index (χ0v) is 15.2. The second-order valence-electron chi connectivity index (χ2n) is 7.49. The molecule has 3 atom stereocenters. The number of likely N-dealkylation sites (tertiary alicyclic amines) is 1. The van der Waals surface area contributed by atoms with Crippen LogP contribution in [0.1, 0.15) is 28.9 Å². The van der Waals surface area contributed by atoms with Gasteiger partial charge >= 0.3 is 0 Å². The Hall–Kier alpha value is -2.98. The van der Waals surface area contributed by atoms with E-state index < -0.39 is 11.7 Å². The molecule has 0 spiro atoms. The van der Waals surface area contributed by atoms with Crippen LogP contribution in [0.5, 0.6) is 11.5 Å². The van der Waals surface area contributed by atoms with Crippen LogP contribution in [-0.2, 0) is 0 Å². The minimum absolute atomic E-state index is 0.0365. The lowest BCUT2D eigenvalue weighted by Gasteiger charge is -2.19. The number of Topliss-reactive ketones (excluding diaryl/α,β-unsaturated/α-hetero) is 1. The van der Waals surface area contributed by atoms with Crippen LogP contribution >= 0.6 is 0 Å². The molecule has 0 radical (unpaired) electrons. The van der Waals surface area contributed by atoms with E-state index in [-0.39, 0.29) is 24.1 Å². The summed E-state index contributed by atoms with van der Waals surface area (Å²) in [5, 5.41) is 18.0. The summed E-state index contributed by atoms with van der Waals surface area (Å²) in [6.07, 6.45) is 2.01. The predicted octanol–water partition coefficient (Wildman–Crippen LogP) is 2.77. The van der Waals surface area contributed by atoms with Crippen molar-refractivity contribution in [3.63, 3.8) is 0 Å². The number of nitrogens with zero attached hydrogens (tertiary/aromatic N) is 3. The maximum atomic E-state index is 13.3. The van der Waals surface area contributed by atoms with Crippen molar-refractivity contribution in [2.75, 3.05) is 19.6 Å². The number of nitriles is 1. The number of aromatic nitrogens is 1. The average Bonchev–Trinajstić information content (AvgIpc) is 3.22. The van der Waals surface area contributed by atoms with Crippen LogP contribution in [0, 0.1) is 29.1 Å². The third-order valence-corrected chi connectivity index (χ3v) is 5.55. The summed E-state index contributed by atoms with van der Waals surface area (Å²) in [6, 6.07) is 11.7. The number of benzene rings is 1. The van der Waals surface area contributed by atoms with Gasteiger partial charge in [0.15, 0.2) is 11.5 Å². The Kier molecular flexibility index (Phi) is 4.97. The van der Waals surface area contributed by atoms with E-state index in [0.717, 1.165) is 37.7 Å². The van der Waals surface area contributed by atoms with Crippen LogP contribution in [0.15, 0.2) is 36.4 Å². The molecule has 1 aromatic carbocycles. The topological polar surface area (TPSA) is 86.5 Å². The fourth-order valence-electron chi connectivity index (χ4n) is 4.23. The highest BCUT2D eigenvalue weighted by atomic mass is 19.1. The minimum atomic E-state index is -1.02. The van der Waals surface area contributed by atoms with Gasteiger partial charge in [-0.3, -0.25) is 9.69 Å². The molecule has 2 heterocycles. The van der Waals surface area contributed by atoms with Gasteiger partial charge in [0.2, 0.25) is 0 Å². The van der Waals surface area contributed by atoms with E-state index in [1.165, 1.54) is 6.07 Å². The quantitative estimate of drug-likeness (QED) is 0.633. The molecule has 4 rings (SSSR count). The number of ether oxygens (including phenoxy) is 1. The third-order valence-electron chi connectivity index (χ3n) is 5.55. The lowest BCUT2D eigenvalue weighted by molar-refractivity contribution is 0.0930. The molecule has 1 N–H and O–H groups in total. The Morgan fingerprint density at radius 3 is 2.50 bits per heavy atom. The van der Waals surface area contributed by atoms with Crippen LogP contribution < -0.4 is 4.74 Å². The molecule has 144 valence electrons. The smallest absolute Gasteiger partial charge is 0.255 e. The monoisotopic (exact) mass is 381 g/mol. The van der Waals surface area contributed by atoms with Gasteiger partial charge in [-0.25, -0.2) is 4.98 Å². The van der Waals surface area contributed by atoms with Gasteiger partial charge in [-0.2, -0.15) is 9.65 Å². The zero-order valence-electron chi connectivity index (χ0n) is 15.2. The molecule has 1 saturated heterocycles. The van der Waals surface area contributed by atoms with Gasteiger partial charge in [-0.15, -0.1) is 0 Å². The number of hydrogen-bond donors (Lipinski definition) is 1. The third kappa shape index (κ3) is 3.82. The number of aromatic hydroxyl groups is 1. The van der Waals surface area contributed by atoms with Crippen molar-refractivity contribution in [1.82, 2.24) is 9.88 Å². The van der Waals surface area contributed by atoms with E-state index in [1.807, 2.05) is 12.1 Å². The average molecular weight is 381 g/mol. The lowest BCUT2D eigenvalue weighted by Crippen LogP contribution is -2.30. The predicted molar refractivity (Wildman–Crippen MR) is 98.4 cm³/mol. The lowest BCUT2D eigenvalue weighted by atomic mass is 10.0. The van der Waals surface area contributed by atoms with Gasteiger partial charge in [0.25, 0.3) is 5.95 Å². The molecule has 7 heteroatoms. The molecule has 1 aromatic heterocycles. The molecule has 2 aliphatic rings. The zero-order chi connectivity index (χ0) is 19.7. The maximum absolute atomic E-state index is 13.3. The number of carbonyl (C=O) groups is 1. The fourth-order valence-corrected chi connectivity index (χ4v) is 4.23. The summed E-state index contributed by atoms with van der Waals surface area (Å²) in [4.78, 5) is 18.0. The summed E-state index contributed by atoms with van der Waals surface area (Å²) >= 11 is 0. The van der Waals surface area contributed by atoms with Crippen LogP contribution in [-0.4, -0.2) is 46.5 Å². The number of carbonyl (C=O) groups excluding carboxylic acids is 1. The van der Waals surface area contributed by atoms with Gasteiger partial charge in [-0.1, -0.05) is 0 Å². The molecule has 1 saturated carbocycles. The van der Waals surface area contributed by atoms with Crippen LogP contribution in [0.3, 0.4) is 0 Å². The number of rotatable bonds is 5. The fraction of sp³-hybridized carbons (Fsp3) is 0.381. The molecule has 1 unspecified atom stereocenters. The molecular weight excluding hydrogens is 361 g/mol. The van der Waals surface area contributed by atoms with Crippen molar-refractivity contribution in [3.05, 3.63) is 53.6 Å². The first-order chi connectivity index (χ1) is 13.5. The minimum Gasteiger partial charge on any atom is -0.504 e. The second kappa shape index (κ2) is 7.56. The number of pyridine rings is 1. The molecule has 0 amide bonds. The maximum Gasteiger partial charge on any atom is 0.255 e. The number of hydrogen-bond acceptors (Lipinski definition) is 6. The van der Waals surface area contributed by atoms with E-state index in [4.69, 9.17) is 10.00 Å². The van der Waals surface area contributed by atoms with Gasteiger partial charge in [0.05, 0.1) is 24.3 Å². The molecule has 1 aliphatic carbocycles. The highest BCUT2D eigenvalue weighted by Gasteiger charge is 2.42. The Labute approximate surface area is 162 Å². The largest absolute Gasteiger partial charge is 0.504 e. The van der Waals surface area contributed by atoms with Crippen LogP contribution in [0.4, 0.5) is 4.39 Å². The van der Waals surface area contributed by atoms with E-state index >= 15 is 0 Å². The summed E-state index contributed by atoms with van der Waals surface area (Å²) in [5.41, 5.74) is 0.647. The van der Waals surface area contributed by atoms with Gasteiger partial charge in [-0.05, 0) is 61.1 Å². The molecule has 2 fully saturated rings. The van der Waals surface area contributed by atoms with Crippen molar-refractivity contribution in [2.45, 2.75) is 18.9 Å². The van der Waals surface area contributed by atoms with Gasteiger partial charge < -0.3 is 9.84 Å². The van der Waals surface area contributed by atoms with Crippen LogP contribution in [0.25, 0.3) is 0 Å². The van der Waals surface area contributed by atoms with Gasteiger partial charge in [0.1, 0.15) is 11.4 Å². The van der Waals surface area contributed by atoms with Crippen molar-refractivity contribution < 1.29 is 19.0 Å². The Morgan fingerprint density at radius 2 is 1.89 bits per heavy atom. The normalized spacial score (nSPS) is 23.9. The van der Waals surface area contributed by atoms with E-state index in [1.54, 1.807) is 12.1 Å². The first-order valence-corrected chi connectivity index (χ1v) is 9.29. The highest BCUT2D eigenvalue weighted by molar-refractivity contribution is 5.95. The standard InChI is InChI=1S/C21H20FN3O3/c22-21-19(26)6-5-18(24-21)20(27)12-25-10-14-7-17(8-15(14)11-25)28-16-3-1-13(9-23)2-4-16/h1-6,14-15,17,26H,7-8,10-12H2/t14-,15?,17+/m1/s1. The summed E-state index contributed by atoms with van der Waals surface area (Å²) in [5.74, 6) is -0.102. The second-order valence-corrected chi connectivity index (χ2v) is 7.49.